The van der Waals surface area contributed by atoms with Crippen molar-refractivity contribution < 1.29 is 37.4 Å². The maximum absolute atomic E-state index is 12.1. The molecular weight excluding hydrogens is 380 g/mol. The number of rotatable bonds is 9. The first-order chi connectivity index (χ1) is 13.3. The number of benzene rings is 2. The van der Waals surface area contributed by atoms with Crippen LogP contribution in [-0.2, 0) is 9.53 Å². The van der Waals surface area contributed by atoms with E-state index >= 15 is 0 Å². The average molecular weight is 397 g/mol. The van der Waals surface area contributed by atoms with E-state index in [9.17, 15) is 23.7 Å². The highest BCUT2D eigenvalue weighted by molar-refractivity contribution is 5.71. The highest BCUT2D eigenvalue weighted by Crippen LogP contribution is 2.30. The lowest BCUT2D eigenvalue weighted by Crippen LogP contribution is -2.17. The summed E-state index contributed by atoms with van der Waals surface area (Å²) in [6.45, 7) is -1.75. The summed E-state index contributed by atoms with van der Waals surface area (Å²) >= 11 is 0. The van der Waals surface area contributed by atoms with Crippen molar-refractivity contribution in [1.82, 2.24) is 0 Å². The Morgan fingerprint density at radius 1 is 1.14 bits per heavy atom. The standard InChI is InChI=1S/C18H17F2NO7/c1-11(12-3-5-13(6-4-12)28-18(19)20)27-17(22)10-26-14-7-8-15(21(23)24)16(9-14)25-2/h3-9,11,18H,10H2,1-2H3. The summed E-state index contributed by atoms with van der Waals surface area (Å²) in [5.41, 5.74) is 0.345. The lowest BCUT2D eigenvalue weighted by Gasteiger charge is -2.15. The fourth-order valence-corrected chi connectivity index (χ4v) is 2.26. The molecule has 150 valence electrons. The zero-order valence-corrected chi connectivity index (χ0v) is 15.0. The summed E-state index contributed by atoms with van der Waals surface area (Å²) in [5.74, 6) is -0.499. The largest absolute Gasteiger partial charge is 0.490 e. The van der Waals surface area contributed by atoms with Crippen LogP contribution in [0.15, 0.2) is 42.5 Å². The van der Waals surface area contributed by atoms with Crippen LogP contribution in [0.5, 0.6) is 17.2 Å². The Bertz CT molecular complexity index is 827. The van der Waals surface area contributed by atoms with Crippen LogP contribution in [0.3, 0.4) is 0 Å². The van der Waals surface area contributed by atoms with Gasteiger partial charge in [0.1, 0.15) is 17.6 Å². The van der Waals surface area contributed by atoms with Gasteiger partial charge in [-0.3, -0.25) is 10.1 Å². The molecule has 0 saturated carbocycles. The molecule has 0 N–H and O–H groups in total. The van der Waals surface area contributed by atoms with Gasteiger partial charge in [-0.15, -0.1) is 0 Å². The van der Waals surface area contributed by atoms with E-state index in [4.69, 9.17) is 14.2 Å². The van der Waals surface area contributed by atoms with E-state index in [1.807, 2.05) is 0 Å². The number of halogens is 2. The quantitative estimate of drug-likeness (QED) is 0.360. The number of nitrogens with zero attached hydrogens (tertiary/aromatic N) is 1. The number of nitro benzene ring substituents is 1. The van der Waals surface area contributed by atoms with Gasteiger partial charge in [-0.05, 0) is 30.7 Å². The van der Waals surface area contributed by atoms with E-state index in [1.54, 1.807) is 6.92 Å². The molecule has 2 rings (SSSR count). The Morgan fingerprint density at radius 3 is 2.36 bits per heavy atom. The minimum atomic E-state index is -2.92. The Morgan fingerprint density at radius 2 is 1.79 bits per heavy atom. The van der Waals surface area contributed by atoms with Gasteiger partial charge in [0.2, 0.25) is 5.75 Å². The molecule has 8 nitrogen and oxygen atoms in total. The smallest absolute Gasteiger partial charge is 0.387 e. The van der Waals surface area contributed by atoms with Gasteiger partial charge in [0.25, 0.3) is 0 Å². The number of carbonyl (C=O) groups excluding carboxylic acids is 1. The molecule has 0 amide bonds. The Labute approximate surface area is 158 Å². The van der Waals surface area contributed by atoms with Crippen LogP contribution in [0.4, 0.5) is 14.5 Å². The first kappa shape index (κ1) is 20.9. The molecule has 2 aromatic rings. The fraction of sp³-hybridized carbons (Fsp3) is 0.278. The third kappa shape index (κ3) is 5.79. The number of hydrogen-bond donors (Lipinski definition) is 0. The van der Waals surface area contributed by atoms with Crippen LogP contribution in [0.2, 0.25) is 0 Å². The summed E-state index contributed by atoms with van der Waals surface area (Å²) in [6.07, 6.45) is -0.650. The molecule has 0 saturated heterocycles. The van der Waals surface area contributed by atoms with Crippen molar-refractivity contribution in [2.24, 2.45) is 0 Å². The molecule has 0 heterocycles. The summed E-state index contributed by atoms with van der Waals surface area (Å²) in [6, 6.07) is 9.49. The second-order valence-corrected chi connectivity index (χ2v) is 5.46. The molecule has 0 fully saturated rings. The second kappa shape index (κ2) is 9.49. The van der Waals surface area contributed by atoms with Gasteiger partial charge in [-0.25, -0.2) is 4.79 Å². The van der Waals surface area contributed by atoms with Crippen LogP contribution in [0.1, 0.15) is 18.6 Å². The molecule has 0 aliphatic rings. The van der Waals surface area contributed by atoms with Gasteiger partial charge in [0.15, 0.2) is 6.61 Å². The number of ether oxygens (including phenoxy) is 4. The van der Waals surface area contributed by atoms with Gasteiger partial charge in [0, 0.05) is 12.1 Å². The zero-order valence-electron chi connectivity index (χ0n) is 15.0. The molecule has 28 heavy (non-hydrogen) atoms. The first-order valence-electron chi connectivity index (χ1n) is 7.99. The molecule has 0 spiro atoms. The predicted molar refractivity (Wildman–Crippen MR) is 92.7 cm³/mol. The van der Waals surface area contributed by atoms with E-state index in [2.05, 4.69) is 4.74 Å². The predicted octanol–water partition coefficient (Wildman–Crippen LogP) is 3.89. The minimum absolute atomic E-state index is 0.00431. The summed E-state index contributed by atoms with van der Waals surface area (Å²) in [5, 5.41) is 10.9. The summed E-state index contributed by atoms with van der Waals surface area (Å²) in [4.78, 5) is 22.2. The number of alkyl halides is 2. The third-order valence-corrected chi connectivity index (χ3v) is 3.59. The molecule has 1 unspecified atom stereocenters. The normalized spacial score (nSPS) is 11.6. The zero-order chi connectivity index (χ0) is 20.7. The highest BCUT2D eigenvalue weighted by Gasteiger charge is 2.17. The SMILES string of the molecule is COc1cc(OCC(=O)OC(C)c2ccc(OC(F)F)cc2)ccc1[N+](=O)[O-]. The summed E-state index contributed by atoms with van der Waals surface area (Å²) < 4.78 is 43.9. The minimum Gasteiger partial charge on any atom is -0.490 e. The number of methoxy groups -OCH3 is 1. The van der Waals surface area contributed by atoms with Gasteiger partial charge in [0.05, 0.1) is 12.0 Å². The molecule has 2 aromatic carbocycles. The number of nitro groups is 1. The molecule has 1 atom stereocenters. The van der Waals surface area contributed by atoms with Crippen LogP contribution in [0.25, 0.3) is 0 Å². The topological polar surface area (TPSA) is 97.1 Å². The van der Waals surface area contributed by atoms with E-state index < -0.39 is 30.2 Å². The molecule has 0 radical (unpaired) electrons. The van der Waals surface area contributed by atoms with Crippen molar-refractivity contribution in [3.8, 4) is 17.2 Å². The number of esters is 1. The second-order valence-electron chi connectivity index (χ2n) is 5.46. The van der Waals surface area contributed by atoms with Crippen LogP contribution in [-0.4, -0.2) is 31.2 Å². The van der Waals surface area contributed by atoms with E-state index in [0.29, 0.717) is 5.56 Å². The highest BCUT2D eigenvalue weighted by atomic mass is 19.3. The van der Waals surface area contributed by atoms with Crippen molar-refractivity contribution in [1.29, 1.82) is 0 Å². The van der Waals surface area contributed by atoms with Crippen molar-refractivity contribution >= 4 is 11.7 Å². The number of hydrogen-bond acceptors (Lipinski definition) is 7. The van der Waals surface area contributed by atoms with Crippen LogP contribution in [0, 0.1) is 10.1 Å². The first-order valence-corrected chi connectivity index (χ1v) is 7.99. The van der Waals surface area contributed by atoms with Gasteiger partial charge in [-0.2, -0.15) is 8.78 Å². The van der Waals surface area contributed by atoms with Crippen molar-refractivity contribution in [3.05, 3.63) is 58.1 Å². The Hall–Kier alpha value is -3.43. The van der Waals surface area contributed by atoms with Crippen molar-refractivity contribution in [2.45, 2.75) is 19.6 Å². The molecule has 10 heteroatoms. The van der Waals surface area contributed by atoms with Gasteiger partial charge < -0.3 is 18.9 Å². The molecule has 0 aliphatic carbocycles. The lowest BCUT2D eigenvalue weighted by molar-refractivity contribution is -0.385. The maximum Gasteiger partial charge on any atom is 0.387 e. The van der Waals surface area contributed by atoms with Crippen molar-refractivity contribution in [3.63, 3.8) is 0 Å². The average Bonchev–Trinajstić information content (AvgIpc) is 2.66. The monoisotopic (exact) mass is 397 g/mol. The van der Waals surface area contributed by atoms with E-state index in [-0.39, 0.29) is 22.9 Å². The maximum atomic E-state index is 12.1. The van der Waals surface area contributed by atoms with E-state index in [1.165, 1.54) is 49.6 Å². The third-order valence-electron chi connectivity index (χ3n) is 3.59. The van der Waals surface area contributed by atoms with Crippen LogP contribution >= 0.6 is 0 Å². The molecular formula is C18H17F2NO7. The number of carbonyl (C=O) groups is 1. The molecule has 0 aromatic heterocycles. The summed E-state index contributed by atoms with van der Waals surface area (Å²) in [7, 11) is 1.28. The fourth-order valence-electron chi connectivity index (χ4n) is 2.26. The Kier molecular flexibility index (Phi) is 7.08. The Balaban J connectivity index is 1.90. The molecule has 0 bridgehead atoms. The van der Waals surface area contributed by atoms with Crippen LogP contribution < -0.4 is 14.2 Å². The van der Waals surface area contributed by atoms with Crippen molar-refractivity contribution in [2.75, 3.05) is 13.7 Å². The van der Waals surface area contributed by atoms with E-state index in [0.717, 1.165) is 0 Å². The molecule has 0 aliphatic heterocycles. The lowest BCUT2D eigenvalue weighted by atomic mass is 10.1. The van der Waals surface area contributed by atoms with Gasteiger partial charge >= 0.3 is 18.3 Å². The van der Waals surface area contributed by atoms with Gasteiger partial charge in [-0.1, -0.05) is 12.1 Å².